The summed E-state index contributed by atoms with van der Waals surface area (Å²) in [4.78, 5) is 12.1. The molecule has 2 nitrogen and oxygen atoms in total. The maximum atomic E-state index is 12.1. The van der Waals surface area contributed by atoms with E-state index in [1.165, 1.54) is 19.3 Å². The molecule has 0 spiro atoms. The predicted octanol–water partition coefficient (Wildman–Crippen LogP) is 2.41. The summed E-state index contributed by atoms with van der Waals surface area (Å²) in [6, 6.07) is 0.174. The van der Waals surface area contributed by atoms with E-state index in [1.54, 1.807) is 0 Å². The fourth-order valence-corrected chi connectivity index (χ4v) is 4.52. The van der Waals surface area contributed by atoms with Crippen LogP contribution >= 0.6 is 11.6 Å². The lowest BCUT2D eigenvalue weighted by atomic mass is 10.0. The first-order valence-corrected chi connectivity index (χ1v) is 7.16. The molecule has 0 heterocycles. The molecule has 0 aromatic rings. The Morgan fingerprint density at radius 1 is 1.38 bits per heavy atom. The zero-order valence-corrected chi connectivity index (χ0v) is 10.5. The van der Waals surface area contributed by atoms with Crippen molar-refractivity contribution in [1.82, 2.24) is 5.32 Å². The van der Waals surface area contributed by atoms with Crippen molar-refractivity contribution >= 4 is 17.5 Å². The molecule has 16 heavy (non-hydrogen) atoms. The van der Waals surface area contributed by atoms with Crippen molar-refractivity contribution < 1.29 is 4.79 Å². The molecule has 0 aromatic heterocycles. The van der Waals surface area contributed by atoms with Gasteiger partial charge < -0.3 is 5.32 Å². The van der Waals surface area contributed by atoms with Crippen molar-refractivity contribution in [3.05, 3.63) is 0 Å². The van der Waals surface area contributed by atoms with Crippen LogP contribution in [0.1, 0.15) is 32.6 Å². The molecule has 3 rings (SSSR count). The SMILES string of the molecule is CCC(CCl)NC(=O)C1C2C3CCC(C3)C12. The fraction of sp³-hybridized carbons (Fsp3) is 0.923. The van der Waals surface area contributed by atoms with Crippen LogP contribution in [0, 0.1) is 29.6 Å². The van der Waals surface area contributed by atoms with Crippen molar-refractivity contribution in [1.29, 1.82) is 0 Å². The van der Waals surface area contributed by atoms with Crippen LogP contribution in [0.5, 0.6) is 0 Å². The molecule has 3 aliphatic carbocycles. The highest BCUT2D eigenvalue weighted by molar-refractivity contribution is 6.18. The third-order valence-corrected chi connectivity index (χ3v) is 5.44. The number of hydrogen-bond acceptors (Lipinski definition) is 1. The highest BCUT2D eigenvalue weighted by Crippen LogP contribution is 2.69. The van der Waals surface area contributed by atoms with E-state index in [0.717, 1.165) is 30.1 Å². The molecule has 0 aliphatic heterocycles. The Kier molecular flexibility index (Phi) is 2.66. The molecular formula is C13H20ClNO. The molecule has 3 heteroatoms. The number of alkyl halides is 1. The molecule has 5 unspecified atom stereocenters. The Morgan fingerprint density at radius 3 is 2.50 bits per heavy atom. The minimum Gasteiger partial charge on any atom is -0.352 e. The Bertz CT molecular complexity index is 286. The van der Waals surface area contributed by atoms with Crippen molar-refractivity contribution in [3.63, 3.8) is 0 Å². The van der Waals surface area contributed by atoms with Gasteiger partial charge in [-0.15, -0.1) is 11.6 Å². The molecule has 3 saturated carbocycles. The standard InChI is InChI=1S/C13H20ClNO/c1-2-9(6-14)15-13(16)12-10-7-3-4-8(5-7)11(10)12/h7-12H,2-6H2,1H3,(H,15,16). The summed E-state index contributed by atoms with van der Waals surface area (Å²) in [5.41, 5.74) is 0. The van der Waals surface area contributed by atoms with Gasteiger partial charge in [0, 0.05) is 17.8 Å². The van der Waals surface area contributed by atoms with Crippen LogP contribution in [-0.2, 0) is 4.79 Å². The Balaban J connectivity index is 1.58. The molecule has 1 amide bonds. The zero-order valence-electron chi connectivity index (χ0n) is 9.79. The first kappa shape index (κ1) is 10.9. The zero-order chi connectivity index (χ0) is 11.3. The quantitative estimate of drug-likeness (QED) is 0.753. The minimum atomic E-state index is 0.174. The minimum absolute atomic E-state index is 0.174. The molecule has 1 N–H and O–H groups in total. The third kappa shape index (κ3) is 1.49. The summed E-state index contributed by atoms with van der Waals surface area (Å²) in [6.07, 6.45) is 5.10. The Labute approximate surface area is 102 Å². The van der Waals surface area contributed by atoms with Gasteiger partial charge in [-0.1, -0.05) is 6.92 Å². The number of hydrogen-bond donors (Lipinski definition) is 1. The van der Waals surface area contributed by atoms with E-state index in [4.69, 9.17) is 11.6 Å². The molecule has 90 valence electrons. The van der Waals surface area contributed by atoms with Crippen molar-refractivity contribution in [2.24, 2.45) is 29.6 Å². The molecule has 3 fully saturated rings. The fourth-order valence-electron chi connectivity index (χ4n) is 4.22. The summed E-state index contributed by atoms with van der Waals surface area (Å²) < 4.78 is 0. The molecule has 2 bridgehead atoms. The van der Waals surface area contributed by atoms with E-state index in [0.29, 0.717) is 17.7 Å². The van der Waals surface area contributed by atoms with Crippen molar-refractivity contribution in [2.45, 2.75) is 38.6 Å². The van der Waals surface area contributed by atoms with Crippen LogP contribution in [0.4, 0.5) is 0 Å². The van der Waals surface area contributed by atoms with Gasteiger partial charge in [0.1, 0.15) is 0 Å². The molecular weight excluding hydrogens is 222 g/mol. The van der Waals surface area contributed by atoms with Crippen LogP contribution in [0.2, 0.25) is 0 Å². The predicted molar refractivity (Wildman–Crippen MR) is 64.2 cm³/mol. The van der Waals surface area contributed by atoms with Crippen LogP contribution in [0.15, 0.2) is 0 Å². The maximum Gasteiger partial charge on any atom is 0.223 e. The van der Waals surface area contributed by atoms with Gasteiger partial charge in [0.15, 0.2) is 0 Å². The van der Waals surface area contributed by atoms with E-state index in [2.05, 4.69) is 12.2 Å². The summed E-state index contributed by atoms with van der Waals surface area (Å²) in [5.74, 6) is 4.42. The average molecular weight is 242 g/mol. The first-order valence-electron chi connectivity index (χ1n) is 6.62. The largest absolute Gasteiger partial charge is 0.352 e. The second-order valence-corrected chi connectivity index (χ2v) is 6.09. The summed E-state index contributed by atoms with van der Waals surface area (Å²) in [5, 5.41) is 3.10. The monoisotopic (exact) mass is 241 g/mol. The Hall–Kier alpha value is -0.240. The maximum absolute atomic E-state index is 12.1. The number of carbonyl (C=O) groups excluding carboxylic acids is 1. The summed E-state index contributed by atoms with van der Waals surface area (Å²) in [7, 11) is 0. The van der Waals surface area contributed by atoms with E-state index in [-0.39, 0.29) is 6.04 Å². The smallest absolute Gasteiger partial charge is 0.223 e. The second kappa shape index (κ2) is 3.90. The van der Waals surface area contributed by atoms with Crippen LogP contribution < -0.4 is 5.32 Å². The van der Waals surface area contributed by atoms with E-state index in [1.807, 2.05) is 0 Å². The second-order valence-electron chi connectivity index (χ2n) is 5.78. The van der Waals surface area contributed by atoms with E-state index < -0.39 is 0 Å². The lowest BCUT2D eigenvalue weighted by Gasteiger charge is -2.15. The molecule has 0 radical (unpaired) electrons. The molecule has 0 aromatic carbocycles. The highest BCUT2D eigenvalue weighted by Gasteiger charge is 2.67. The van der Waals surface area contributed by atoms with Gasteiger partial charge in [-0.25, -0.2) is 0 Å². The third-order valence-electron chi connectivity index (χ3n) is 5.06. The number of amides is 1. The summed E-state index contributed by atoms with van der Waals surface area (Å²) in [6.45, 7) is 2.07. The van der Waals surface area contributed by atoms with Gasteiger partial charge in [0.2, 0.25) is 5.91 Å². The highest BCUT2D eigenvalue weighted by atomic mass is 35.5. The lowest BCUT2D eigenvalue weighted by Crippen LogP contribution is -2.37. The van der Waals surface area contributed by atoms with Crippen LogP contribution in [0.3, 0.4) is 0 Å². The normalized spacial score (nSPS) is 45.2. The van der Waals surface area contributed by atoms with Crippen molar-refractivity contribution in [2.75, 3.05) is 5.88 Å². The van der Waals surface area contributed by atoms with Gasteiger partial charge >= 0.3 is 0 Å². The van der Waals surface area contributed by atoms with Crippen LogP contribution in [-0.4, -0.2) is 17.8 Å². The van der Waals surface area contributed by atoms with E-state index >= 15 is 0 Å². The van der Waals surface area contributed by atoms with Crippen molar-refractivity contribution in [3.8, 4) is 0 Å². The van der Waals surface area contributed by atoms with Gasteiger partial charge in [0.25, 0.3) is 0 Å². The lowest BCUT2D eigenvalue weighted by molar-refractivity contribution is -0.123. The number of fused-ring (bicyclic) bond motifs is 5. The number of halogens is 1. The number of rotatable bonds is 4. The van der Waals surface area contributed by atoms with Gasteiger partial charge in [-0.2, -0.15) is 0 Å². The van der Waals surface area contributed by atoms with Crippen LogP contribution in [0.25, 0.3) is 0 Å². The number of carbonyl (C=O) groups is 1. The van der Waals surface area contributed by atoms with E-state index in [9.17, 15) is 4.79 Å². The molecule has 0 saturated heterocycles. The number of nitrogens with one attached hydrogen (secondary N) is 1. The van der Waals surface area contributed by atoms with Gasteiger partial charge in [-0.05, 0) is 49.4 Å². The molecule has 3 aliphatic rings. The first-order chi connectivity index (χ1) is 7.76. The summed E-state index contributed by atoms with van der Waals surface area (Å²) >= 11 is 5.81. The topological polar surface area (TPSA) is 29.1 Å². The molecule has 5 atom stereocenters. The van der Waals surface area contributed by atoms with Gasteiger partial charge in [0.05, 0.1) is 0 Å². The van der Waals surface area contributed by atoms with Gasteiger partial charge in [-0.3, -0.25) is 4.79 Å². The average Bonchev–Trinajstić information content (AvgIpc) is 2.75. The Morgan fingerprint density at radius 2 is 2.00 bits per heavy atom.